The Bertz CT molecular complexity index is 1240. The number of furan rings is 1. The lowest BCUT2D eigenvalue weighted by Crippen LogP contribution is -2.65. The minimum atomic E-state index is -1.16. The van der Waals surface area contributed by atoms with Crippen molar-refractivity contribution in [3.63, 3.8) is 0 Å². The maximum Gasteiger partial charge on any atom is 0.276 e. The average Bonchev–Trinajstić information content (AvgIpc) is 3.43. The summed E-state index contributed by atoms with van der Waals surface area (Å²) in [6.07, 6.45) is 5.93. The standard InChI is InChI=1S/C26H31N3O5/c1-16-7-5-6-8-18(16)27-25(31)26(2)15-28-19-11-12-34-22(19)14-20(28)24(30)29(26)17-9-10-21(32-3)23(13-17)33-4/h9-14,16,18H,5-8,15H2,1-4H3,(H,27,31)/t16-,18+,26+/m0/s1. The molecule has 8 heteroatoms. The maximum atomic E-state index is 13.9. The predicted molar refractivity (Wildman–Crippen MR) is 129 cm³/mol. The van der Waals surface area contributed by atoms with E-state index in [9.17, 15) is 9.59 Å². The molecule has 0 bridgehead atoms. The molecule has 1 aliphatic heterocycles. The highest BCUT2D eigenvalue weighted by Gasteiger charge is 2.49. The highest BCUT2D eigenvalue weighted by Crippen LogP contribution is 2.40. The molecular formula is C26H31N3O5. The molecule has 3 aromatic rings. The van der Waals surface area contributed by atoms with Crippen molar-refractivity contribution < 1.29 is 23.5 Å². The lowest BCUT2D eigenvalue weighted by molar-refractivity contribution is -0.127. The van der Waals surface area contributed by atoms with Gasteiger partial charge < -0.3 is 23.8 Å². The number of aromatic nitrogens is 1. The van der Waals surface area contributed by atoms with Crippen LogP contribution in [0.2, 0.25) is 0 Å². The Morgan fingerprint density at radius 3 is 2.62 bits per heavy atom. The topological polar surface area (TPSA) is 85.9 Å². The number of hydrogen-bond donors (Lipinski definition) is 1. The van der Waals surface area contributed by atoms with Gasteiger partial charge in [0.15, 0.2) is 17.1 Å². The first-order valence-electron chi connectivity index (χ1n) is 11.8. The van der Waals surface area contributed by atoms with Crippen LogP contribution in [0.4, 0.5) is 5.69 Å². The molecule has 0 radical (unpaired) electrons. The molecule has 2 aromatic heterocycles. The van der Waals surface area contributed by atoms with Crippen LogP contribution in [-0.4, -0.2) is 42.2 Å². The van der Waals surface area contributed by atoms with Crippen molar-refractivity contribution in [3.05, 3.63) is 42.3 Å². The summed E-state index contributed by atoms with van der Waals surface area (Å²) in [5.74, 6) is 1.02. The summed E-state index contributed by atoms with van der Waals surface area (Å²) in [5, 5.41) is 3.29. The summed E-state index contributed by atoms with van der Waals surface area (Å²) >= 11 is 0. The number of nitrogens with zero attached hydrogens (tertiary/aromatic N) is 2. The number of benzene rings is 1. The second-order valence-corrected chi connectivity index (χ2v) is 9.58. The third kappa shape index (κ3) is 3.43. The monoisotopic (exact) mass is 465 g/mol. The molecule has 0 saturated heterocycles. The van der Waals surface area contributed by atoms with Crippen molar-refractivity contribution in [2.75, 3.05) is 19.1 Å². The first-order chi connectivity index (χ1) is 16.4. The Balaban J connectivity index is 1.61. The lowest BCUT2D eigenvalue weighted by atomic mass is 9.84. The smallest absolute Gasteiger partial charge is 0.276 e. The Kier molecular flexibility index (Phi) is 5.54. The molecule has 0 spiro atoms. The van der Waals surface area contributed by atoms with Crippen molar-refractivity contribution in [2.45, 2.75) is 57.7 Å². The first kappa shape index (κ1) is 22.4. The van der Waals surface area contributed by atoms with Crippen LogP contribution in [0.5, 0.6) is 11.5 Å². The summed E-state index contributed by atoms with van der Waals surface area (Å²) in [4.78, 5) is 29.5. The molecule has 1 fully saturated rings. The van der Waals surface area contributed by atoms with E-state index in [0.717, 1.165) is 24.8 Å². The molecule has 1 aromatic carbocycles. The van der Waals surface area contributed by atoms with Gasteiger partial charge in [-0.25, -0.2) is 0 Å². The van der Waals surface area contributed by atoms with Gasteiger partial charge in [-0.15, -0.1) is 0 Å². The summed E-state index contributed by atoms with van der Waals surface area (Å²) in [6.45, 7) is 4.32. The molecule has 8 nitrogen and oxygen atoms in total. The zero-order valence-electron chi connectivity index (χ0n) is 20.1. The average molecular weight is 466 g/mol. The summed E-state index contributed by atoms with van der Waals surface area (Å²) in [5.41, 5.74) is 1.33. The van der Waals surface area contributed by atoms with Crippen LogP contribution in [0, 0.1) is 5.92 Å². The summed E-state index contributed by atoms with van der Waals surface area (Å²) in [7, 11) is 3.11. The molecule has 5 rings (SSSR count). The van der Waals surface area contributed by atoms with E-state index in [0.29, 0.717) is 40.9 Å². The van der Waals surface area contributed by atoms with Gasteiger partial charge in [0.2, 0.25) is 5.91 Å². The van der Waals surface area contributed by atoms with Gasteiger partial charge in [-0.1, -0.05) is 19.8 Å². The van der Waals surface area contributed by atoms with Crippen molar-refractivity contribution in [2.24, 2.45) is 5.92 Å². The second-order valence-electron chi connectivity index (χ2n) is 9.58. The Morgan fingerprint density at radius 1 is 1.12 bits per heavy atom. The molecule has 2 amide bonds. The third-order valence-electron chi connectivity index (χ3n) is 7.45. The molecule has 0 unspecified atom stereocenters. The fourth-order valence-corrected chi connectivity index (χ4v) is 5.44. The third-order valence-corrected chi connectivity index (χ3v) is 7.45. The Hall–Kier alpha value is -3.42. The second kappa shape index (κ2) is 8.42. The van der Waals surface area contributed by atoms with Crippen LogP contribution >= 0.6 is 0 Å². The molecule has 180 valence electrons. The van der Waals surface area contributed by atoms with Gasteiger partial charge in [0.25, 0.3) is 5.91 Å². The van der Waals surface area contributed by atoms with E-state index in [2.05, 4.69) is 12.2 Å². The van der Waals surface area contributed by atoms with Gasteiger partial charge in [0.1, 0.15) is 11.2 Å². The number of carbonyl (C=O) groups is 2. The first-order valence-corrected chi connectivity index (χ1v) is 11.8. The number of rotatable bonds is 5. The van der Waals surface area contributed by atoms with Crippen molar-refractivity contribution in [1.82, 2.24) is 9.88 Å². The Morgan fingerprint density at radius 2 is 1.88 bits per heavy atom. The van der Waals surface area contributed by atoms with Crippen molar-refractivity contribution >= 4 is 28.6 Å². The van der Waals surface area contributed by atoms with E-state index in [1.807, 2.05) is 17.6 Å². The minimum Gasteiger partial charge on any atom is -0.493 e. The molecule has 1 N–H and O–H groups in total. The van der Waals surface area contributed by atoms with E-state index in [1.165, 1.54) is 6.42 Å². The van der Waals surface area contributed by atoms with Crippen LogP contribution in [0.25, 0.3) is 11.1 Å². The van der Waals surface area contributed by atoms with E-state index in [1.54, 1.807) is 49.6 Å². The lowest BCUT2D eigenvalue weighted by Gasteiger charge is -2.45. The molecule has 3 heterocycles. The SMILES string of the molecule is COc1ccc(N2C(=O)c3cc4occc4n3C[C@]2(C)C(=O)N[C@@H]2CCCC[C@@H]2C)cc1OC. The van der Waals surface area contributed by atoms with Crippen LogP contribution in [0.3, 0.4) is 0 Å². The molecule has 3 atom stereocenters. The van der Waals surface area contributed by atoms with Gasteiger partial charge in [0.05, 0.1) is 32.5 Å². The highest BCUT2D eigenvalue weighted by atomic mass is 16.5. The molecular weight excluding hydrogens is 434 g/mol. The number of carbonyl (C=O) groups excluding carboxylic acids is 2. The van der Waals surface area contributed by atoms with E-state index in [-0.39, 0.29) is 17.9 Å². The number of nitrogens with one attached hydrogen (secondary N) is 1. The number of ether oxygens (including phenoxy) is 2. The summed E-state index contributed by atoms with van der Waals surface area (Å²) in [6, 6.07) is 8.96. The number of hydrogen-bond acceptors (Lipinski definition) is 5. The van der Waals surface area contributed by atoms with Crippen molar-refractivity contribution in [3.8, 4) is 11.5 Å². The zero-order chi connectivity index (χ0) is 24.0. The van der Waals surface area contributed by atoms with Crippen LogP contribution in [0.1, 0.15) is 50.0 Å². The fraction of sp³-hybridized carbons (Fsp3) is 0.462. The van der Waals surface area contributed by atoms with Gasteiger partial charge in [-0.3, -0.25) is 14.5 Å². The maximum absolute atomic E-state index is 13.9. The predicted octanol–water partition coefficient (Wildman–Crippen LogP) is 4.37. The van der Waals surface area contributed by atoms with E-state index < -0.39 is 5.54 Å². The van der Waals surface area contributed by atoms with Gasteiger partial charge in [0, 0.05) is 29.9 Å². The number of anilines is 1. The van der Waals surface area contributed by atoms with Gasteiger partial charge in [-0.2, -0.15) is 0 Å². The van der Waals surface area contributed by atoms with Crippen LogP contribution in [-0.2, 0) is 11.3 Å². The van der Waals surface area contributed by atoms with Gasteiger partial charge >= 0.3 is 0 Å². The number of methoxy groups -OCH3 is 2. The van der Waals surface area contributed by atoms with Crippen LogP contribution < -0.4 is 19.7 Å². The Labute approximate surface area is 198 Å². The van der Waals surface area contributed by atoms with Gasteiger partial charge in [-0.05, 0) is 37.8 Å². The highest BCUT2D eigenvalue weighted by molar-refractivity contribution is 6.13. The fourth-order valence-electron chi connectivity index (χ4n) is 5.44. The largest absolute Gasteiger partial charge is 0.493 e. The molecule has 1 aliphatic carbocycles. The minimum absolute atomic E-state index is 0.0976. The van der Waals surface area contributed by atoms with E-state index in [4.69, 9.17) is 13.9 Å². The number of amides is 2. The molecule has 1 saturated carbocycles. The molecule has 2 aliphatic rings. The quantitative estimate of drug-likeness (QED) is 0.605. The van der Waals surface area contributed by atoms with Crippen molar-refractivity contribution in [1.29, 1.82) is 0 Å². The normalized spacial score (nSPS) is 24.7. The van der Waals surface area contributed by atoms with Crippen LogP contribution in [0.15, 0.2) is 41.0 Å². The zero-order valence-corrected chi connectivity index (χ0v) is 20.1. The van der Waals surface area contributed by atoms with E-state index >= 15 is 0 Å². The molecule has 34 heavy (non-hydrogen) atoms. The summed E-state index contributed by atoms with van der Waals surface area (Å²) < 4.78 is 18.3. The number of fused-ring (bicyclic) bond motifs is 3.